The molecule has 0 amide bonds. The first-order valence-electron chi connectivity index (χ1n) is 11.7. The second kappa shape index (κ2) is 9.44. The molecule has 0 aliphatic carbocycles. The third-order valence-corrected chi connectivity index (χ3v) is 8.07. The fourth-order valence-corrected chi connectivity index (χ4v) is 5.72. The summed E-state index contributed by atoms with van der Waals surface area (Å²) in [5.41, 5.74) is 7.63. The molecule has 6 nitrogen and oxygen atoms in total. The van der Waals surface area contributed by atoms with Crippen molar-refractivity contribution in [3.05, 3.63) is 53.3 Å². The first-order chi connectivity index (χ1) is 16.4. The van der Waals surface area contributed by atoms with Crippen molar-refractivity contribution in [2.24, 2.45) is 22.7 Å². The van der Waals surface area contributed by atoms with Gasteiger partial charge in [-0.25, -0.2) is 4.39 Å². The van der Waals surface area contributed by atoms with E-state index in [1.807, 2.05) is 12.3 Å². The molecule has 0 saturated carbocycles. The van der Waals surface area contributed by atoms with Crippen molar-refractivity contribution < 1.29 is 14.2 Å². The molecule has 4 heterocycles. The zero-order chi connectivity index (χ0) is 23.8. The summed E-state index contributed by atoms with van der Waals surface area (Å²) in [4.78, 5) is 12.4. The molecule has 0 spiro atoms. The monoisotopic (exact) mass is 480 g/mol. The van der Waals surface area contributed by atoms with Crippen LogP contribution >= 0.6 is 11.3 Å². The Bertz CT molecular complexity index is 1250. The summed E-state index contributed by atoms with van der Waals surface area (Å²) in [7, 11) is 0. The summed E-state index contributed by atoms with van der Waals surface area (Å²) in [6, 6.07) is 8.10. The average Bonchev–Trinajstić information content (AvgIpc) is 3.47. The van der Waals surface area contributed by atoms with Gasteiger partial charge in [0.05, 0.1) is 20.8 Å². The largest absolute Gasteiger partial charge is 0.453 e. The number of allylic oxidation sites excluding steroid dienone is 1. The molecule has 1 saturated heterocycles. The number of nitrogens with two attached hydrogens (primary N) is 1. The van der Waals surface area contributed by atoms with Gasteiger partial charge in [-0.1, -0.05) is 19.9 Å². The molecule has 4 atom stereocenters. The molecular weight excluding hydrogens is 451 g/mol. The van der Waals surface area contributed by atoms with E-state index in [4.69, 9.17) is 15.5 Å². The summed E-state index contributed by atoms with van der Waals surface area (Å²) in [6.45, 7) is 6.23. The maximum Gasteiger partial charge on any atom is 0.167 e. The number of anilines is 1. The van der Waals surface area contributed by atoms with Gasteiger partial charge in [0.25, 0.3) is 0 Å². The van der Waals surface area contributed by atoms with Crippen LogP contribution in [-0.4, -0.2) is 40.5 Å². The molecule has 2 aromatic heterocycles. The summed E-state index contributed by atoms with van der Waals surface area (Å²) in [6.07, 6.45) is 7.49. The number of nitrogens with zero attached hydrogens (tertiary/aromatic N) is 3. The third-order valence-electron chi connectivity index (χ3n) is 6.91. The van der Waals surface area contributed by atoms with Crippen LogP contribution in [-0.2, 0) is 0 Å². The normalized spacial score (nSPS) is 24.2. The van der Waals surface area contributed by atoms with Gasteiger partial charge >= 0.3 is 0 Å². The lowest BCUT2D eigenvalue weighted by molar-refractivity contribution is -0.0226. The highest BCUT2D eigenvalue weighted by Crippen LogP contribution is 2.40. The zero-order valence-corrected chi connectivity index (χ0v) is 20.1. The van der Waals surface area contributed by atoms with Gasteiger partial charge in [-0.15, -0.1) is 11.3 Å². The van der Waals surface area contributed by atoms with Gasteiger partial charge in [-0.2, -0.15) is 0 Å². The second-order valence-electron chi connectivity index (χ2n) is 9.21. The zero-order valence-electron chi connectivity index (χ0n) is 19.3. The molecule has 0 radical (unpaired) electrons. The number of hydrogen-bond acceptors (Lipinski definition) is 7. The maximum absolute atomic E-state index is 14.3. The van der Waals surface area contributed by atoms with Crippen molar-refractivity contribution in [2.45, 2.75) is 32.9 Å². The molecule has 5 rings (SSSR count). The minimum Gasteiger partial charge on any atom is -0.453 e. The summed E-state index contributed by atoms with van der Waals surface area (Å²) >= 11 is 1.52. The summed E-state index contributed by atoms with van der Waals surface area (Å²) in [5, 5.41) is 11.0. The maximum atomic E-state index is 14.3. The van der Waals surface area contributed by atoms with Crippen LogP contribution in [0.5, 0.6) is 11.5 Å². The number of pyridine rings is 1. The van der Waals surface area contributed by atoms with Crippen molar-refractivity contribution in [1.29, 1.82) is 0 Å². The van der Waals surface area contributed by atoms with E-state index in [1.54, 1.807) is 18.3 Å². The van der Waals surface area contributed by atoms with Crippen LogP contribution in [0.4, 0.5) is 10.1 Å². The van der Waals surface area contributed by atoms with Crippen LogP contribution in [0.2, 0.25) is 0 Å². The summed E-state index contributed by atoms with van der Waals surface area (Å²) < 4.78 is 21.0. The molecule has 3 aromatic rings. The number of aromatic nitrogens is 1. The summed E-state index contributed by atoms with van der Waals surface area (Å²) in [5.74, 6) is 0.579. The molecule has 0 bridgehead atoms. The number of thiophene rings is 1. The Hall–Kier alpha value is -2.81. The van der Waals surface area contributed by atoms with E-state index in [-0.39, 0.29) is 23.5 Å². The van der Waals surface area contributed by atoms with Gasteiger partial charge in [-0.3, -0.25) is 14.9 Å². The Morgan fingerprint density at radius 3 is 2.74 bits per heavy atom. The van der Waals surface area contributed by atoms with E-state index >= 15 is 0 Å². The number of ether oxygens (including phenoxy) is 1. The smallest absolute Gasteiger partial charge is 0.167 e. The van der Waals surface area contributed by atoms with Crippen molar-refractivity contribution >= 4 is 39.2 Å². The van der Waals surface area contributed by atoms with Crippen LogP contribution in [0.15, 0.2) is 47.6 Å². The molecule has 2 aliphatic heterocycles. The molecule has 2 aliphatic rings. The molecular formula is C26H29FN4O2S. The highest BCUT2D eigenvalue weighted by atomic mass is 32.1. The number of nitrogen functional groups attached to an aromatic ring is 1. The van der Waals surface area contributed by atoms with Crippen LogP contribution in [0, 0.1) is 23.6 Å². The number of aliphatic imine (C=N–C) groups is 1. The van der Waals surface area contributed by atoms with Gasteiger partial charge < -0.3 is 15.6 Å². The number of likely N-dealkylation sites (tertiary alicyclic amines) is 1. The lowest BCUT2D eigenvalue weighted by Crippen LogP contribution is -2.42. The average molecular weight is 481 g/mol. The molecule has 178 valence electrons. The van der Waals surface area contributed by atoms with Crippen LogP contribution in [0.3, 0.4) is 0 Å². The Labute approximate surface area is 202 Å². The number of fused-ring (bicyclic) bond motifs is 1. The number of halogens is 1. The highest BCUT2D eigenvalue weighted by molar-refractivity contribution is 7.20. The highest BCUT2D eigenvalue weighted by Gasteiger charge is 2.33. The number of aliphatic hydroxyl groups excluding tert-OH is 1. The first kappa shape index (κ1) is 23.0. The number of hydrogen-bond donors (Lipinski definition) is 2. The van der Waals surface area contributed by atoms with E-state index in [2.05, 4.69) is 29.8 Å². The standard InChI is InChI=1S/C26H29FN4O2S/c1-15-11-20(30-14-18(16(15)2)26(32)31-9-3-4-10-31)24-13-21-25(34-24)23(7-8-29-21)33-22-6-5-17(28)12-19(22)27/h5-8,11-16,18,26,32H,3-4,9-10,28H2,1-2H3. The Kier molecular flexibility index (Phi) is 6.38. The van der Waals surface area contributed by atoms with Gasteiger partial charge in [0.2, 0.25) is 0 Å². The van der Waals surface area contributed by atoms with E-state index in [0.29, 0.717) is 11.4 Å². The van der Waals surface area contributed by atoms with Gasteiger partial charge in [0.15, 0.2) is 11.6 Å². The SMILES string of the molecule is CC1C=C(c2cc3nccc(Oc4ccc(N)cc4F)c3s2)N=CC(C(O)N2CCCC2)C1C. The second-order valence-corrected chi connectivity index (χ2v) is 10.3. The predicted molar refractivity (Wildman–Crippen MR) is 136 cm³/mol. The predicted octanol–water partition coefficient (Wildman–Crippen LogP) is 5.54. The molecule has 4 unspecified atom stereocenters. The van der Waals surface area contributed by atoms with E-state index in [0.717, 1.165) is 46.7 Å². The van der Waals surface area contributed by atoms with Crippen LogP contribution < -0.4 is 10.5 Å². The van der Waals surface area contributed by atoms with Gasteiger partial charge in [-0.05, 0) is 42.9 Å². The number of benzene rings is 1. The lowest BCUT2D eigenvalue weighted by atomic mass is 9.83. The molecule has 3 N–H and O–H groups in total. The molecule has 8 heteroatoms. The fourth-order valence-electron chi connectivity index (χ4n) is 4.68. The van der Waals surface area contributed by atoms with Crippen molar-refractivity contribution in [2.75, 3.05) is 18.8 Å². The van der Waals surface area contributed by atoms with Crippen molar-refractivity contribution in [3.8, 4) is 11.5 Å². The minimum absolute atomic E-state index is 0.0401. The van der Waals surface area contributed by atoms with Crippen molar-refractivity contribution in [1.82, 2.24) is 9.88 Å². The quantitative estimate of drug-likeness (QED) is 0.469. The first-order valence-corrected chi connectivity index (χ1v) is 12.5. The topological polar surface area (TPSA) is 84.0 Å². The van der Waals surface area contributed by atoms with Crippen LogP contribution in [0.1, 0.15) is 31.6 Å². The van der Waals surface area contributed by atoms with Gasteiger partial charge in [0.1, 0.15) is 12.0 Å². The Morgan fingerprint density at radius 2 is 1.97 bits per heavy atom. The van der Waals surface area contributed by atoms with E-state index in [1.165, 1.54) is 23.5 Å². The lowest BCUT2D eigenvalue weighted by Gasteiger charge is -2.32. The van der Waals surface area contributed by atoms with Crippen LogP contribution in [0.25, 0.3) is 15.9 Å². The van der Waals surface area contributed by atoms with Crippen molar-refractivity contribution in [3.63, 3.8) is 0 Å². The third kappa shape index (κ3) is 4.45. The molecule has 1 aromatic carbocycles. The van der Waals surface area contributed by atoms with E-state index in [9.17, 15) is 9.50 Å². The van der Waals surface area contributed by atoms with E-state index < -0.39 is 12.0 Å². The Balaban J connectivity index is 1.45. The Morgan fingerprint density at radius 1 is 1.18 bits per heavy atom. The molecule has 1 fully saturated rings. The number of aliphatic hydroxyl groups is 1. The van der Waals surface area contributed by atoms with Gasteiger partial charge in [0, 0.05) is 49.2 Å². The number of rotatable bonds is 5. The fraction of sp³-hybridized carbons (Fsp3) is 0.385. The molecule has 34 heavy (non-hydrogen) atoms. The minimum atomic E-state index is -0.518.